The SMILES string of the molecule is CCN(CCNC(=O)c1ccc(N)cn1)C1CC1.Cl.Cl. The molecule has 1 amide bonds. The van der Waals surface area contributed by atoms with Gasteiger partial charge in [-0.2, -0.15) is 0 Å². The molecule has 1 heterocycles. The first-order valence-corrected chi connectivity index (χ1v) is 6.44. The van der Waals surface area contributed by atoms with Crippen molar-refractivity contribution in [2.75, 3.05) is 25.4 Å². The third kappa shape index (κ3) is 5.53. The van der Waals surface area contributed by atoms with Gasteiger partial charge in [0.05, 0.1) is 11.9 Å². The molecule has 1 aromatic rings. The van der Waals surface area contributed by atoms with Crippen molar-refractivity contribution in [2.24, 2.45) is 0 Å². The molecule has 0 radical (unpaired) electrons. The number of nitrogens with two attached hydrogens (primary N) is 1. The van der Waals surface area contributed by atoms with Crippen LogP contribution in [0.1, 0.15) is 30.3 Å². The standard InChI is InChI=1S/C13H20N4O.2ClH/c1-2-17(11-4-5-11)8-7-15-13(18)12-6-3-10(14)9-16-12;;/h3,6,9,11H,2,4-5,7-8,14H2,1H3,(H,15,18);2*1H. The van der Waals surface area contributed by atoms with E-state index in [-0.39, 0.29) is 30.7 Å². The third-order valence-corrected chi connectivity index (χ3v) is 3.17. The number of carbonyl (C=O) groups excluding carboxylic acids is 1. The van der Waals surface area contributed by atoms with E-state index >= 15 is 0 Å². The molecule has 0 saturated heterocycles. The molecule has 1 saturated carbocycles. The van der Waals surface area contributed by atoms with Crippen molar-refractivity contribution >= 4 is 36.4 Å². The number of hydrogen-bond donors (Lipinski definition) is 2. The van der Waals surface area contributed by atoms with E-state index in [9.17, 15) is 4.79 Å². The van der Waals surface area contributed by atoms with Crippen LogP contribution in [-0.4, -0.2) is 41.5 Å². The second kappa shape index (κ2) is 9.00. The van der Waals surface area contributed by atoms with E-state index in [1.54, 1.807) is 12.1 Å². The Hall–Kier alpha value is -1.04. The lowest BCUT2D eigenvalue weighted by molar-refractivity contribution is 0.0943. The molecule has 1 aromatic heterocycles. The summed E-state index contributed by atoms with van der Waals surface area (Å²) in [5.41, 5.74) is 6.51. The van der Waals surface area contributed by atoms with Crippen LogP contribution in [0, 0.1) is 0 Å². The fourth-order valence-electron chi connectivity index (χ4n) is 1.98. The van der Waals surface area contributed by atoms with Crippen LogP contribution in [0.15, 0.2) is 18.3 Å². The summed E-state index contributed by atoms with van der Waals surface area (Å²) in [5, 5.41) is 2.88. The minimum atomic E-state index is -0.137. The molecule has 5 nitrogen and oxygen atoms in total. The van der Waals surface area contributed by atoms with Crippen molar-refractivity contribution < 1.29 is 4.79 Å². The van der Waals surface area contributed by atoms with Crippen LogP contribution in [0.5, 0.6) is 0 Å². The van der Waals surface area contributed by atoms with Gasteiger partial charge < -0.3 is 11.1 Å². The van der Waals surface area contributed by atoms with Crippen molar-refractivity contribution in [3.05, 3.63) is 24.0 Å². The van der Waals surface area contributed by atoms with Crippen LogP contribution in [0.4, 0.5) is 5.69 Å². The molecule has 0 aromatic carbocycles. The molecular formula is C13H22Cl2N4O. The van der Waals surface area contributed by atoms with Crippen molar-refractivity contribution in [1.82, 2.24) is 15.2 Å². The van der Waals surface area contributed by atoms with Crippen LogP contribution < -0.4 is 11.1 Å². The summed E-state index contributed by atoms with van der Waals surface area (Å²) in [5.74, 6) is -0.137. The Bertz CT molecular complexity index is 409. The fraction of sp³-hybridized carbons (Fsp3) is 0.538. The predicted molar refractivity (Wildman–Crippen MR) is 85.7 cm³/mol. The van der Waals surface area contributed by atoms with Crippen LogP contribution >= 0.6 is 24.8 Å². The van der Waals surface area contributed by atoms with Crippen LogP contribution in [-0.2, 0) is 0 Å². The van der Waals surface area contributed by atoms with Crippen LogP contribution in [0.2, 0.25) is 0 Å². The quantitative estimate of drug-likeness (QED) is 0.837. The second-order valence-corrected chi connectivity index (χ2v) is 4.59. The summed E-state index contributed by atoms with van der Waals surface area (Å²) in [6.45, 7) is 4.76. The fourth-order valence-corrected chi connectivity index (χ4v) is 1.98. The highest BCUT2D eigenvalue weighted by Crippen LogP contribution is 2.25. The van der Waals surface area contributed by atoms with Gasteiger partial charge in [0.25, 0.3) is 5.91 Å². The molecular weight excluding hydrogens is 299 g/mol. The highest BCUT2D eigenvalue weighted by molar-refractivity contribution is 5.92. The maximum absolute atomic E-state index is 11.8. The van der Waals surface area contributed by atoms with Gasteiger partial charge in [0.1, 0.15) is 5.69 Å². The van der Waals surface area contributed by atoms with E-state index in [1.165, 1.54) is 19.0 Å². The monoisotopic (exact) mass is 320 g/mol. The molecule has 20 heavy (non-hydrogen) atoms. The number of rotatable bonds is 6. The number of aromatic nitrogens is 1. The lowest BCUT2D eigenvalue weighted by atomic mass is 10.3. The molecule has 0 aliphatic heterocycles. The van der Waals surface area contributed by atoms with Gasteiger partial charge in [-0.15, -0.1) is 24.8 Å². The molecule has 2 rings (SSSR count). The van der Waals surface area contributed by atoms with Crippen molar-refractivity contribution in [3.63, 3.8) is 0 Å². The van der Waals surface area contributed by atoms with Crippen molar-refractivity contribution in [1.29, 1.82) is 0 Å². The van der Waals surface area contributed by atoms with Gasteiger partial charge in [0.2, 0.25) is 0 Å². The van der Waals surface area contributed by atoms with E-state index in [4.69, 9.17) is 5.73 Å². The van der Waals surface area contributed by atoms with E-state index in [1.807, 2.05) is 0 Å². The first kappa shape index (κ1) is 19.0. The van der Waals surface area contributed by atoms with Crippen molar-refractivity contribution in [2.45, 2.75) is 25.8 Å². The summed E-state index contributed by atoms with van der Waals surface area (Å²) in [4.78, 5) is 18.2. The van der Waals surface area contributed by atoms with Gasteiger partial charge in [0.15, 0.2) is 0 Å². The van der Waals surface area contributed by atoms with Gasteiger partial charge in [-0.3, -0.25) is 9.69 Å². The molecule has 0 bridgehead atoms. The van der Waals surface area contributed by atoms with E-state index in [2.05, 4.69) is 22.1 Å². The normalized spacial score (nSPS) is 13.3. The Morgan fingerprint density at radius 2 is 2.15 bits per heavy atom. The number of hydrogen-bond acceptors (Lipinski definition) is 4. The van der Waals surface area contributed by atoms with E-state index in [0.717, 1.165) is 19.1 Å². The third-order valence-electron chi connectivity index (χ3n) is 3.17. The number of carbonyl (C=O) groups is 1. The number of amides is 1. The van der Waals surface area contributed by atoms with Gasteiger partial charge >= 0.3 is 0 Å². The molecule has 1 aliphatic carbocycles. The second-order valence-electron chi connectivity index (χ2n) is 4.59. The molecule has 0 spiro atoms. The smallest absolute Gasteiger partial charge is 0.269 e. The summed E-state index contributed by atoms with van der Waals surface area (Å²) < 4.78 is 0. The topological polar surface area (TPSA) is 71.2 Å². The number of nitrogen functional groups attached to an aromatic ring is 1. The number of nitrogens with zero attached hydrogens (tertiary/aromatic N) is 2. The molecule has 1 aliphatic rings. The maximum Gasteiger partial charge on any atom is 0.269 e. The van der Waals surface area contributed by atoms with E-state index < -0.39 is 0 Å². The molecule has 1 fully saturated rings. The van der Waals surface area contributed by atoms with Crippen LogP contribution in [0.25, 0.3) is 0 Å². The van der Waals surface area contributed by atoms with Gasteiger partial charge in [-0.1, -0.05) is 6.92 Å². The average Bonchev–Trinajstić information content (AvgIpc) is 3.19. The average molecular weight is 321 g/mol. The minimum absolute atomic E-state index is 0. The molecule has 0 atom stereocenters. The number of pyridine rings is 1. The summed E-state index contributed by atoms with van der Waals surface area (Å²) in [6, 6.07) is 4.06. The highest BCUT2D eigenvalue weighted by Gasteiger charge is 2.27. The lowest BCUT2D eigenvalue weighted by Gasteiger charge is -2.19. The zero-order valence-electron chi connectivity index (χ0n) is 11.5. The highest BCUT2D eigenvalue weighted by atomic mass is 35.5. The zero-order chi connectivity index (χ0) is 13.0. The van der Waals surface area contributed by atoms with Gasteiger partial charge in [-0.05, 0) is 31.5 Å². The summed E-state index contributed by atoms with van der Waals surface area (Å²) >= 11 is 0. The van der Waals surface area contributed by atoms with Gasteiger partial charge in [-0.25, -0.2) is 4.98 Å². The zero-order valence-corrected chi connectivity index (χ0v) is 13.2. The minimum Gasteiger partial charge on any atom is -0.397 e. The molecule has 114 valence electrons. The van der Waals surface area contributed by atoms with Crippen molar-refractivity contribution in [3.8, 4) is 0 Å². The Morgan fingerprint density at radius 3 is 2.65 bits per heavy atom. The Balaban J connectivity index is 0.00000180. The van der Waals surface area contributed by atoms with E-state index in [0.29, 0.717) is 17.9 Å². The first-order chi connectivity index (χ1) is 8.70. The molecule has 7 heteroatoms. The Morgan fingerprint density at radius 1 is 1.45 bits per heavy atom. The predicted octanol–water partition coefficient (Wildman–Crippen LogP) is 1.72. The Kier molecular flexibility index (Phi) is 8.53. The number of halogens is 2. The number of anilines is 1. The van der Waals surface area contributed by atoms with Gasteiger partial charge in [0, 0.05) is 19.1 Å². The molecule has 3 N–H and O–H groups in total. The summed E-state index contributed by atoms with van der Waals surface area (Å²) in [6.07, 6.45) is 4.08. The summed E-state index contributed by atoms with van der Waals surface area (Å²) in [7, 11) is 0. The number of likely N-dealkylation sites (N-methyl/N-ethyl adjacent to an activating group) is 1. The lowest BCUT2D eigenvalue weighted by Crippen LogP contribution is -2.36. The number of nitrogens with one attached hydrogen (secondary N) is 1. The first-order valence-electron chi connectivity index (χ1n) is 6.44. The Labute approximate surface area is 132 Å². The molecule has 0 unspecified atom stereocenters. The largest absolute Gasteiger partial charge is 0.397 e. The maximum atomic E-state index is 11.8. The van der Waals surface area contributed by atoms with Crippen LogP contribution in [0.3, 0.4) is 0 Å².